The lowest BCUT2D eigenvalue weighted by molar-refractivity contribution is -0.198. The number of hydrogen-bond acceptors (Lipinski definition) is 1. The Balaban J connectivity index is 2.67. The van der Waals surface area contributed by atoms with Crippen LogP contribution in [0.3, 0.4) is 0 Å². The number of hydrogen-bond donors (Lipinski definition) is 1. The van der Waals surface area contributed by atoms with Gasteiger partial charge in [-0.05, 0) is 25.2 Å². The number of alkyl halides is 4. The summed E-state index contributed by atoms with van der Waals surface area (Å²) >= 11 is 3.31. The van der Waals surface area contributed by atoms with E-state index in [0.717, 1.165) is 6.42 Å². The van der Waals surface area contributed by atoms with Gasteiger partial charge >= 0.3 is 6.18 Å². The van der Waals surface area contributed by atoms with Crippen molar-refractivity contribution in [3.63, 3.8) is 0 Å². The molecule has 1 aliphatic rings. The third-order valence-corrected chi connectivity index (χ3v) is 4.59. The van der Waals surface area contributed by atoms with Crippen LogP contribution < -0.4 is 5.32 Å². The van der Waals surface area contributed by atoms with Crippen LogP contribution in [0.2, 0.25) is 0 Å². The minimum atomic E-state index is -4.27. The number of nitrogens with one attached hydrogen (secondary N) is 1. The molecule has 0 aromatic heterocycles. The summed E-state index contributed by atoms with van der Waals surface area (Å²) in [6.45, 7) is 4.06. The van der Waals surface area contributed by atoms with Crippen LogP contribution >= 0.6 is 15.9 Å². The SMILES string of the molecule is CC(C)CC(CBr)NC(=O)C1CCCCC1C(F)(F)F. The Bertz CT molecular complexity index is 320. The Morgan fingerprint density at radius 1 is 1.30 bits per heavy atom. The van der Waals surface area contributed by atoms with Crippen LogP contribution in [-0.4, -0.2) is 23.5 Å². The molecular formula is C14H23BrF3NO. The monoisotopic (exact) mass is 357 g/mol. The summed E-state index contributed by atoms with van der Waals surface area (Å²) in [4.78, 5) is 12.2. The highest BCUT2D eigenvalue weighted by atomic mass is 79.9. The maximum Gasteiger partial charge on any atom is 0.392 e. The van der Waals surface area contributed by atoms with E-state index in [2.05, 4.69) is 21.2 Å². The van der Waals surface area contributed by atoms with Crippen LogP contribution in [0.5, 0.6) is 0 Å². The zero-order chi connectivity index (χ0) is 15.3. The van der Waals surface area contributed by atoms with Crippen molar-refractivity contribution >= 4 is 21.8 Å². The molecule has 0 saturated heterocycles. The molecule has 0 aromatic rings. The van der Waals surface area contributed by atoms with Gasteiger partial charge in [0.1, 0.15) is 0 Å². The van der Waals surface area contributed by atoms with E-state index in [1.54, 1.807) is 0 Å². The molecular weight excluding hydrogens is 335 g/mol. The van der Waals surface area contributed by atoms with Crippen LogP contribution in [0.1, 0.15) is 46.0 Å². The summed E-state index contributed by atoms with van der Waals surface area (Å²) in [6.07, 6.45) is -1.84. The van der Waals surface area contributed by atoms with Crippen molar-refractivity contribution in [2.24, 2.45) is 17.8 Å². The van der Waals surface area contributed by atoms with Gasteiger partial charge in [-0.25, -0.2) is 0 Å². The molecule has 0 radical (unpaired) electrons. The first-order valence-electron chi connectivity index (χ1n) is 7.18. The van der Waals surface area contributed by atoms with Crippen LogP contribution in [0.4, 0.5) is 13.2 Å². The molecule has 2 nitrogen and oxygen atoms in total. The Morgan fingerprint density at radius 2 is 1.90 bits per heavy atom. The molecule has 1 fully saturated rings. The molecule has 0 bridgehead atoms. The van der Waals surface area contributed by atoms with E-state index in [1.807, 2.05) is 13.8 Å². The molecule has 1 saturated carbocycles. The Morgan fingerprint density at radius 3 is 2.40 bits per heavy atom. The first kappa shape index (κ1) is 17.8. The molecule has 0 aromatic carbocycles. The average Bonchev–Trinajstić information content (AvgIpc) is 2.36. The van der Waals surface area contributed by atoms with Crippen molar-refractivity contribution in [2.75, 3.05) is 5.33 Å². The lowest BCUT2D eigenvalue weighted by Gasteiger charge is -2.33. The minimum absolute atomic E-state index is 0.0742. The van der Waals surface area contributed by atoms with Crippen molar-refractivity contribution in [3.8, 4) is 0 Å². The summed E-state index contributed by atoms with van der Waals surface area (Å²) in [5.41, 5.74) is 0. The number of carbonyl (C=O) groups is 1. The second-order valence-corrected chi connectivity index (χ2v) is 6.68. The summed E-state index contributed by atoms with van der Waals surface area (Å²) in [6, 6.07) is -0.0988. The molecule has 118 valence electrons. The third-order valence-electron chi connectivity index (χ3n) is 3.81. The van der Waals surface area contributed by atoms with Gasteiger partial charge in [0.15, 0.2) is 0 Å². The molecule has 1 aliphatic carbocycles. The summed E-state index contributed by atoms with van der Waals surface area (Å²) < 4.78 is 39.0. The van der Waals surface area contributed by atoms with E-state index in [-0.39, 0.29) is 12.5 Å². The largest absolute Gasteiger partial charge is 0.392 e. The summed E-state index contributed by atoms with van der Waals surface area (Å²) in [5.74, 6) is -2.44. The van der Waals surface area contributed by atoms with Crippen LogP contribution in [0.25, 0.3) is 0 Å². The quantitative estimate of drug-likeness (QED) is 0.731. The maximum absolute atomic E-state index is 13.0. The van der Waals surface area contributed by atoms with Gasteiger partial charge < -0.3 is 5.32 Å². The molecule has 1 amide bonds. The molecule has 0 aliphatic heterocycles. The fourth-order valence-corrected chi connectivity index (χ4v) is 3.30. The molecule has 1 N–H and O–H groups in total. The fraction of sp³-hybridized carbons (Fsp3) is 0.929. The van der Waals surface area contributed by atoms with E-state index in [1.165, 1.54) is 0 Å². The molecule has 20 heavy (non-hydrogen) atoms. The summed E-state index contributed by atoms with van der Waals surface area (Å²) in [7, 11) is 0. The van der Waals surface area contributed by atoms with Crippen molar-refractivity contribution in [3.05, 3.63) is 0 Å². The fourth-order valence-electron chi connectivity index (χ4n) is 2.87. The smallest absolute Gasteiger partial charge is 0.352 e. The maximum atomic E-state index is 13.0. The standard InChI is InChI=1S/C14H23BrF3NO/c1-9(2)7-10(8-15)19-13(20)11-5-3-4-6-12(11)14(16,17)18/h9-12H,3-8H2,1-2H3,(H,19,20). The van der Waals surface area contributed by atoms with Gasteiger partial charge in [-0.1, -0.05) is 42.6 Å². The number of carbonyl (C=O) groups excluding carboxylic acids is 1. The highest BCUT2D eigenvalue weighted by Gasteiger charge is 2.48. The first-order chi connectivity index (χ1) is 9.25. The van der Waals surface area contributed by atoms with E-state index >= 15 is 0 Å². The molecule has 1 rings (SSSR count). The summed E-state index contributed by atoms with van der Waals surface area (Å²) in [5, 5.41) is 3.35. The normalized spacial score (nSPS) is 25.6. The highest BCUT2D eigenvalue weighted by Crippen LogP contribution is 2.41. The predicted octanol–water partition coefficient (Wildman–Crippen LogP) is 4.28. The van der Waals surface area contributed by atoms with Gasteiger partial charge in [-0.2, -0.15) is 13.2 Å². The number of rotatable bonds is 5. The first-order valence-corrected chi connectivity index (χ1v) is 8.31. The Kier molecular flexibility index (Phi) is 6.82. The Labute approximate surface area is 127 Å². The van der Waals surface area contributed by atoms with Crippen molar-refractivity contribution in [1.82, 2.24) is 5.32 Å². The Hall–Kier alpha value is -0.260. The van der Waals surface area contributed by atoms with Gasteiger partial charge in [-0.3, -0.25) is 4.79 Å². The van der Waals surface area contributed by atoms with Crippen LogP contribution in [-0.2, 0) is 4.79 Å². The van der Waals surface area contributed by atoms with Gasteiger partial charge in [-0.15, -0.1) is 0 Å². The van der Waals surface area contributed by atoms with Crippen LogP contribution in [0, 0.1) is 17.8 Å². The van der Waals surface area contributed by atoms with Gasteiger partial charge in [0.25, 0.3) is 0 Å². The van der Waals surface area contributed by atoms with Gasteiger partial charge in [0, 0.05) is 17.3 Å². The lowest BCUT2D eigenvalue weighted by Crippen LogP contribution is -2.46. The van der Waals surface area contributed by atoms with E-state index in [0.29, 0.717) is 30.5 Å². The van der Waals surface area contributed by atoms with Crippen molar-refractivity contribution in [2.45, 2.75) is 58.2 Å². The number of halogens is 4. The predicted molar refractivity (Wildman–Crippen MR) is 76.7 cm³/mol. The van der Waals surface area contributed by atoms with E-state index in [9.17, 15) is 18.0 Å². The van der Waals surface area contributed by atoms with E-state index in [4.69, 9.17) is 0 Å². The van der Waals surface area contributed by atoms with Gasteiger partial charge in [0.05, 0.1) is 5.92 Å². The lowest BCUT2D eigenvalue weighted by atomic mass is 9.78. The van der Waals surface area contributed by atoms with Crippen molar-refractivity contribution in [1.29, 1.82) is 0 Å². The topological polar surface area (TPSA) is 29.1 Å². The van der Waals surface area contributed by atoms with Gasteiger partial charge in [0.2, 0.25) is 5.91 Å². The zero-order valence-electron chi connectivity index (χ0n) is 12.0. The van der Waals surface area contributed by atoms with E-state index < -0.39 is 23.9 Å². The molecule has 3 atom stereocenters. The minimum Gasteiger partial charge on any atom is -0.352 e. The zero-order valence-corrected chi connectivity index (χ0v) is 13.6. The van der Waals surface area contributed by atoms with Crippen LogP contribution in [0.15, 0.2) is 0 Å². The molecule has 6 heteroatoms. The highest BCUT2D eigenvalue weighted by molar-refractivity contribution is 9.09. The molecule has 3 unspecified atom stereocenters. The van der Waals surface area contributed by atoms with Crippen molar-refractivity contribution < 1.29 is 18.0 Å². The average molecular weight is 358 g/mol. The third kappa shape index (κ3) is 5.26. The second kappa shape index (κ2) is 7.66. The number of amides is 1. The second-order valence-electron chi connectivity index (χ2n) is 6.03. The molecule has 0 spiro atoms. The molecule has 0 heterocycles.